The zero-order valence-electron chi connectivity index (χ0n) is 11.7. The Morgan fingerprint density at radius 2 is 2.21 bits per heavy atom. The fourth-order valence-corrected chi connectivity index (χ4v) is 3.17. The van der Waals surface area contributed by atoms with Crippen molar-refractivity contribution in [1.82, 2.24) is 4.90 Å². The first-order chi connectivity index (χ1) is 9.34. The molecule has 1 heterocycles. The van der Waals surface area contributed by atoms with Gasteiger partial charge >= 0.3 is 0 Å². The summed E-state index contributed by atoms with van der Waals surface area (Å²) in [4.78, 5) is 2.40. The molecule has 0 aromatic heterocycles. The lowest BCUT2D eigenvalue weighted by Crippen LogP contribution is -2.38. The quantitative estimate of drug-likeness (QED) is 0.767. The normalized spacial score (nSPS) is 24.4. The van der Waals surface area contributed by atoms with Crippen molar-refractivity contribution in [3.63, 3.8) is 0 Å². The van der Waals surface area contributed by atoms with Crippen molar-refractivity contribution in [2.24, 2.45) is 0 Å². The van der Waals surface area contributed by atoms with Gasteiger partial charge < -0.3 is 4.74 Å². The second-order valence-corrected chi connectivity index (χ2v) is 5.62. The van der Waals surface area contributed by atoms with Crippen molar-refractivity contribution in [2.75, 3.05) is 19.7 Å². The number of hydrogen-bond donors (Lipinski definition) is 0. The third-order valence-corrected chi connectivity index (χ3v) is 4.40. The highest BCUT2D eigenvalue weighted by Gasteiger charge is 2.23. The number of hydrogen-bond acceptors (Lipinski definition) is 2. The minimum atomic E-state index is 0.234. The molecule has 0 saturated carbocycles. The Labute approximate surface area is 116 Å². The van der Waals surface area contributed by atoms with Gasteiger partial charge in [0.25, 0.3) is 0 Å². The van der Waals surface area contributed by atoms with Crippen LogP contribution in [0.2, 0.25) is 0 Å². The molecule has 1 aromatic carbocycles. The van der Waals surface area contributed by atoms with Gasteiger partial charge in [0.05, 0.1) is 6.61 Å². The highest BCUT2D eigenvalue weighted by Crippen LogP contribution is 2.33. The van der Waals surface area contributed by atoms with Gasteiger partial charge in [-0.3, -0.25) is 4.90 Å². The van der Waals surface area contributed by atoms with Crippen LogP contribution in [0, 0.1) is 0 Å². The van der Waals surface area contributed by atoms with Crippen LogP contribution in [0.5, 0.6) is 0 Å². The Bertz CT molecular complexity index is 454. The Morgan fingerprint density at radius 3 is 3.05 bits per heavy atom. The van der Waals surface area contributed by atoms with Gasteiger partial charge in [-0.1, -0.05) is 36.4 Å². The number of ether oxygens (including phenoxy) is 1. The van der Waals surface area contributed by atoms with Crippen molar-refractivity contribution in [2.45, 2.75) is 38.3 Å². The molecule has 0 spiro atoms. The molecule has 1 aliphatic carbocycles. The SMILES string of the molecule is CC(OCC1CCc2ccccc21)N1CC=CCC1. The van der Waals surface area contributed by atoms with E-state index in [4.69, 9.17) is 4.74 Å². The van der Waals surface area contributed by atoms with E-state index in [0.717, 1.165) is 26.1 Å². The Balaban J connectivity index is 1.54. The fraction of sp³-hybridized carbons (Fsp3) is 0.529. The van der Waals surface area contributed by atoms with Gasteiger partial charge in [0.15, 0.2) is 0 Å². The molecule has 0 bridgehead atoms. The summed E-state index contributed by atoms with van der Waals surface area (Å²) in [5, 5.41) is 0. The van der Waals surface area contributed by atoms with Gasteiger partial charge in [0.2, 0.25) is 0 Å². The van der Waals surface area contributed by atoms with Crippen molar-refractivity contribution in [3.05, 3.63) is 47.5 Å². The molecular formula is C17H23NO. The van der Waals surface area contributed by atoms with E-state index in [2.05, 4.69) is 48.2 Å². The molecule has 0 radical (unpaired) electrons. The zero-order chi connectivity index (χ0) is 13.1. The molecule has 19 heavy (non-hydrogen) atoms. The number of benzene rings is 1. The molecule has 1 aliphatic heterocycles. The topological polar surface area (TPSA) is 12.5 Å². The maximum atomic E-state index is 6.11. The van der Waals surface area contributed by atoms with Gasteiger partial charge in [-0.25, -0.2) is 0 Å². The summed E-state index contributed by atoms with van der Waals surface area (Å²) in [5.41, 5.74) is 3.03. The van der Waals surface area contributed by atoms with Crippen LogP contribution in [-0.2, 0) is 11.2 Å². The van der Waals surface area contributed by atoms with Crippen LogP contribution in [0.4, 0.5) is 0 Å². The molecule has 2 unspecified atom stereocenters. The maximum absolute atomic E-state index is 6.11. The first-order valence-electron chi connectivity index (χ1n) is 7.43. The number of nitrogens with zero attached hydrogens (tertiary/aromatic N) is 1. The second kappa shape index (κ2) is 5.89. The number of fused-ring (bicyclic) bond motifs is 1. The Hall–Kier alpha value is -1.12. The molecule has 0 saturated heterocycles. The lowest BCUT2D eigenvalue weighted by molar-refractivity contribution is -0.0483. The van der Waals surface area contributed by atoms with Crippen molar-refractivity contribution >= 4 is 0 Å². The van der Waals surface area contributed by atoms with Crippen LogP contribution < -0.4 is 0 Å². The summed E-state index contributed by atoms with van der Waals surface area (Å²) in [7, 11) is 0. The monoisotopic (exact) mass is 257 g/mol. The molecule has 2 aliphatic rings. The van der Waals surface area contributed by atoms with E-state index >= 15 is 0 Å². The molecule has 2 nitrogen and oxygen atoms in total. The molecule has 2 atom stereocenters. The second-order valence-electron chi connectivity index (χ2n) is 5.62. The minimum Gasteiger partial charge on any atom is -0.363 e. The summed E-state index contributed by atoms with van der Waals surface area (Å²) in [6, 6.07) is 8.82. The van der Waals surface area contributed by atoms with Crippen LogP contribution in [0.3, 0.4) is 0 Å². The lowest BCUT2D eigenvalue weighted by atomic mass is 10.0. The number of aryl methyl sites for hydroxylation is 1. The van der Waals surface area contributed by atoms with Crippen molar-refractivity contribution in [1.29, 1.82) is 0 Å². The average Bonchev–Trinajstić information content (AvgIpc) is 2.89. The first-order valence-corrected chi connectivity index (χ1v) is 7.43. The fourth-order valence-electron chi connectivity index (χ4n) is 3.17. The molecule has 1 aromatic rings. The lowest BCUT2D eigenvalue weighted by Gasteiger charge is -2.30. The smallest absolute Gasteiger partial charge is 0.108 e. The van der Waals surface area contributed by atoms with E-state index in [-0.39, 0.29) is 6.23 Å². The molecule has 0 N–H and O–H groups in total. The standard InChI is InChI=1S/C17H23NO/c1-14(18-11-5-2-6-12-18)19-13-16-10-9-15-7-3-4-8-17(15)16/h2-5,7-8,14,16H,6,9-13H2,1H3. The molecule has 102 valence electrons. The van der Waals surface area contributed by atoms with E-state index in [1.807, 2.05) is 0 Å². The summed E-state index contributed by atoms with van der Waals surface area (Å²) in [5.74, 6) is 0.596. The maximum Gasteiger partial charge on any atom is 0.108 e. The molecule has 2 heteroatoms. The molecular weight excluding hydrogens is 234 g/mol. The highest BCUT2D eigenvalue weighted by molar-refractivity contribution is 5.34. The van der Waals surface area contributed by atoms with Crippen molar-refractivity contribution < 1.29 is 4.74 Å². The average molecular weight is 257 g/mol. The Kier molecular flexibility index (Phi) is 4.00. The van der Waals surface area contributed by atoms with E-state index in [0.29, 0.717) is 5.92 Å². The van der Waals surface area contributed by atoms with Crippen LogP contribution in [-0.4, -0.2) is 30.8 Å². The van der Waals surface area contributed by atoms with Crippen LogP contribution in [0.1, 0.15) is 36.8 Å². The van der Waals surface area contributed by atoms with E-state index in [9.17, 15) is 0 Å². The third-order valence-electron chi connectivity index (χ3n) is 4.40. The van der Waals surface area contributed by atoms with Gasteiger partial charge in [0, 0.05) is 19.0 Å². The van der Waals surface area contributed by atoms with Crippen LogP contribution in [0.25, 0.3) is 0 Å². The summed E-state index contributed by atoms with van der Waals surface area (Å²) < 4.78 is 6.11. The first kappa shape index (κ1) is 12.9. The summed E-state index contributed by atoms with van der Waals surface area (Å²) >= 11 is 0. The largest absolute Gasteiger partial charge is 0.363 e. The van der Waals surface area contributed by atoms with Crippen LogP contribution in [0.15, 0.2) is 36.4 Å². The van der Waals surface area contributed by atoms with Gasteiger partial charge in [0.1, 0.15) is 6.23 Å². The Morgan fingerprint density at radius 1 is 1.32 bits per heavy atom. The summed E-state index contributed by atoms with van der Waals surface area (Å²) in [6.07, 6.45) is 8.35. The minimum absolute atomic E-state index is 0.234. The molecule has 0 amide bonds. The van der Waals surface area contributed by atoms with Gasteiger partial charge in [-0.05, 0) is 37.3 Å². The summed E-state index contributed by atoms with van der Waals surface area (Å²) in [6.45, 7) is 5.19. The number of rotatable bonds is 4. The zero-order valence-corrected chi connectivity index (χ0v) is 11.7. The predicted molar refractivity (Wildman–Crippen MR) is 78.2 cm³/mol. The van der Waals surface area contributed by atoms with Gasteiger partial charge in [-0.15, -0.1) is 0 Å². The van der Waals surface area contributed by atoms with Crippen molar-refractivity contribution in [3.8, 4) is 0 Å². The van der Waals surface area contributed by atoms with E-state index < -0.39 is 0 Å². The van der Waals surface area contributed by atoms with Gasteiger partial charge in [-0.2, -0.15) is 0 Å². The molecule has 0 fully saturated rings. The van der Waals surface area contributed by atoms with E-state index in [1.54, 1.807) is 0 Å². The highest BCUT2D eigenvalue weighted by atomic mass is 16.5. The molecule has 3 rings (SSSR count). The van der Waals surface area contributed by atoms with E-state index in [1.165, 1.54) is 24.0 Å². The van der Waals surface area contributed by atoms with Crippen LogP contribution >= 0.6 is 0 Å². The third kappa shape index (κ3) is 2.90. The predicted octanol–water partition coefficient (Wildman–Crippen LogP) is 3.34.